The van der Waals surface area contributed by atoms with Crippen LogP contribution < -0.4 is 11.1 Å². The summed E-state index contributed by atoms with van der Waals surface area (Å²) in [4.78, 5) is 0. The van der Waals surface area contributed by atoms with Gasteiger partial charge in [-0.15, -0.1) is 0 Å². The fourth-order valence-corrected chi connectivity index (χ4v) is 2.12. The molecule has 0 aliphatic heterocycles. The minimum Gasteiger partial charge on any atom is -0.409 e. The normalized spacial score (nSPS) is 11.9. The Hall–Kier alpha value is -0.770. The zero-order valence-electron chi connectivity index (χ0n) is 12.7. The van der Waals surface area contributed by atoms with Gasteiger partial charge in [0.1, 0.15) is 5.84 Å². The van der Waals surface area contributed by atoms with E-state index >= 15 is 0 Å². The molecule has 0 aliphatic rings. The number of rotatable bonds is 14. The van der Waals surface area contributed by atoms with Crippen molar-refractivity contribution >= 4 is 5.84 Å². The fourth-order valence-electron chi connectivity index (χ4n) is 2.12. The zero-order valence-corrected chi connectivity index (χ0v) is 12.7. The third-order valence-electron chi connectivity index (χ3n) is 3.37. The van der Waals surface area contributed by atoms with E-state index in [1.165, 1.54) is 51.4 Å². The molecule has 0 amide bonds. The van der Waals surface area contributed by atoms with Crippen LogP contribution in [0.3, 0.4) is 0 Å². The topological polar surface area (TPSA) is 70.6 Å². The van der Waals surface area contributed by atoms with Gasteiger partial charge in [-0.3, -0.25) is 0 Å². The van der Waals surface area contributed by atoms with Gasteiger partial charge >= 0.3 is 0 Å². The molecule has 0 unspecified atom stereocenters. The summed E-state index contributed by atoms with van der Waals surface area (Å²) in [7, 11) is 0. The van der Waals surface area contributed by atoms with Gasteiger partial charge in [0.25, 0.3) is 0 Å². The van der Waals surface area contributed by atoms with Crippen LogP contribution in [0.2, 0.25) is 0 Å². The average molecular weight is 271 g/mol. The molecule has 4 nitrogen and oxygen atoms in total. The maximum Gasteiger partial charge on any atom is 0.139 e. The molecule has 0 aliphatic carbocycles. The van der Waals surface area contributed by atoms with Gasteiger partial charge in [-0.25, -0.2) is 0 Å². The summed E-state index contributed by atoms with van der Waals surface area (Å²) in [6.45, 7) is 4.42. The molecule has 0 radical (unpaired) electrons. The quantitative estimate of drug-likeness (QED) is 0.148. The maximum absolute atomic E-state index is 8.37. The Labute approximate surface area is 118 Å². The zero-order chi connectivity index (χ0) is 14.2. The highest BCUT2D eigenvalue weighted by Crippen LogP contribution is 2.07. The highest BCUT2D eigenvalue weighted by Gasteiger charge is 1.94. The van der Waals surface area contributed by atoms with Gasteiger partial charge in [0.15, 0.2) is 0 Å². The van der Waals surface area contributed by atoms with E-state index in [1.807, 2.05) is 0 Å². The summed E-state index contributed by atoms with van der Waals surface area (Å²) >= 11 is 0. The third kappa shape index (κ3) is 15.2. The molecule has 0 spiro atoms. The van der Waals surface area contributed by atoms with Crippen molar-refractivity contribution in [3.8, 4) is 0 Å². The van der Waals surface area contributed by atoms with Gasteiger partial charge in [0, 0.05) is 6.42 Å². The molecular weight excluding hydrogens is 238 g/mol. The molecule has 0 saturated carbocycles. The van der Waals surface area contributed by atoms with Crippen LogP contribution in [0.4, 0.5) is 0 Å². The second-order valence-corrected chi connectivity index (χ2v) is 5.27. The number of hydrogen-bond donors (Lipinski definition) is 3. The number of oxime groups is 1. The summed E-state index contributed by atoms with van der Waals surface area (Å²) in [5.74, 6) is 0.336. The number of nitrogens with two attached hydrogens (primary N) is 1. The molecule has 4 heteroatoms. The van der Waals surface area contributed by atoms with Crippen molar-refractivity contribution in [2.24, 2.45) is 10.9 Å². The van der Waals surface area contributed by atoms with Crippen LogP contribution in [-0.2, 0) is 0 Å². The average Bonchev–Trinajstić information content (AvgIpc) is 2.43. The Kier molecular flexibility index (Phi) is 14.7. The minimum absolute atomic E-state index is 0.336. The smallest absolute Gasteiger partial charge is 0.139 e. The highest BCUT2D eigenvalue weighted by molar-refractivity contribution is 5.79. The van der Waals surface area contributed by atoms with Crippen molar-refractivity contribution in [3.63, 3.8) is 0 Å². The molecule has 0 aromatic carbocycles. The molecule has 0 fully saturated rings. The second kappa shape index (κ2) is 15.3. The van der Waals surface area contributed by atoms with E-state index in [1.54, 1.807) is 0 Å². The SMILES string of the molecule is CCCCCCCCCCNCCCCC(N)=NO. The number of unbranched alkanes of at least 4 members (excludes halogenated alkanes) is 8. The van der Waals surface area contributed by atoms with Gasteiger partial charge in [0.2, 0.25) is 0 Å². The molecule has 0 rings (SSSR count). The number of nitrogens with one attached hydrogen (secondary N) is 1. The highest BCUT2D eigenvalue weighted by atomic mass is 16.4. The fraction of sp³-hybridized carbons (Fsp3) is 0.933. The van der Waals surface area contributed by atoms with Crippen molar-refractivity contribution in [1.29, 1.82) is 0 Å². The Morgan fingerprint density at radius 2 is 1.42 bits per heavy atom. The van der Waals surface area contributed by atoms with E-state index in [-0.39, 0.29) is 0 Å². The van der Waals surface area contributed by atoms with E-state index in [0.717, 1.165) is 25.9 Å². The van der Waals surface area contributed by atoms with Crippen molar-refractivity contribution < 1.29 is 5.21 Å². The van der Waals surface area contributed by atoms with Crippen LogP contribution in [-0.4, -0.2) is 24.1 Å². The lowest BCUT2D eigenvalue weighted by Crippen LogP contribution is -2.17. The molecule has 0 atom stereocenters. The molecule has 0 aromatic rings. The molecule has 0 bridgehead atoms. The first-order valence-corrected chi connectivity index (χ1v) is 7.98. The van der Waals surface area contributed by atoms with Gasteiger partial charge in [-0.2, -0.15) is 0 Å². The molecule has 114 valence electrons. The van der Waals surface area contributed by atoms with Gasteiger partial charge in [0.05, 0.1) is 0 Å². The van der Waals surface area contributed by atoms with Gasteiger partial charge < -0.3 is 16.3 Å². The molecule has 4 N–H and O–H groups in total. The molecule has 0 aromatic heterocycles. The lowest BCUT2D eigenvalue weighted by atomic mass is 10.1. The predicted octanol–water partition coefficient (Wildman–Crippen LogP) is 3.63. The van der Waals surface area contributed by atoms with Gasteiger partial charge in [-0.05, 0) is 32.4 Å². The minimum atomic E-state index is 0.336. The van der Waals surface area contributed by atoms with Crippen molar-refractivity contribution in [1.82, 2.24) is 5.32 Å². The molecule has 0 saturated heterocycles. The number of amidine groups is 1. The Morgan fingerprint density at radius 3 is 2.00 bits per heavy atom. The summed E-state index contributed by atoms with van der Waals surface area (Å²) in [5, 5.41) is 14.8. The Morgan fingerprint density at radius 1 is 0.895 bits per heavy atom. The van der Waals surface area contributed by atoms with Crippen LogP contribution in [0.1, 0.15) is 77.6 Å². The second-order valence-electron chi connectivity index (χ2n) is 5.27. The summed E-state index contributed by atoms with van der Waals surface area (Å²) in [5.41, 5.74) is 5.39. The standard InChI is InChI=1S/C15H33N3O/c1-2-3-4-5-6-7-8-10-13-17-14-11-9-12-15(16)18-19/h17,19H,2-14H2,1H3,(H2,16,18). The molecular formula is C15H33N3O. The van der Waals surface area contributed by atoms with Crippen LogP contribution >= 0.6 is 0 Å². The van der Waals surface area contributed by atoms with E-state index in [0.29, 0.717) is 12.3 Å². The Bertz CT molecular complexity index is 208. The van der Waals surface area contributed by atoms with Crippen molar-refractivity contribution in [2.75, 3.05) is 13.1 Å². The lowest BCUT2D eigenvalue weighted by Gasteiger charge is -2.05. The first kappa shape index (κ1) is 18.2. The van der Waals surface area contributed by atoms with Crippen LogP contribution in [0.15, 0.2) is 5.16 Å². The first-order valence-electron chi connectivity index (χ1n) is 7.98. The summed E-state index contributed by atoms with van der Waals surface area (Å²) < 4.78 is 0. The van der Waals surface area contributed by atoms with E-state index in [2.05, 4.69) is 17.4 Å². The van der Waals surface area contributed by atoms with Crippen LogP contribution in [0, 0.1) is 0 Å². The van der Waals surface area contributed by atoms with E-state index in [9.17, 15) is 0 Å². The molecule has 19 heavy (non-hydrogen) atoms. The monoisotopic (exact) mass is 271 g/mol. The van der Waals surface area contributed by atoms with E-state index in [4.69, 9.17) is 10.9 Å². The summed E-state index contributed by atoms with van der Waals surface area (Å²) in [6, 6.07) is 0. The number of nitrogens with zero attached hydrogens (tertiary/aromatic N) is 1. The largest absolute Gasteiger partial charge is 0.409 e. The first-order chi connectivity index (χ1) is 9.31. The Balaban J connectivity index is 2.99. The predicted molar refractivity (Wildman–Crippen MR) is 82.7 cm³/mol. The third-order valence-corrected chi connectivity index (χ3v) is 3.37. The number of hydrogen-bond acceptors (Lipinski definition) is 3. The molecule has 0 heterocycles. The van der Waals surface area contributed by atoms with Crippen molar-refractivity contribution in [3.05, 3.63) is 0 Å². The van der Waals surface area contributed by atoms with Crippen LogP contribution in [0.25, 0.3) is 0 Å². The summed E-state index contributed by atoms with van der Waals surface area (Å²) in [6.07, 6.45) is 13.7. The lowest BCUT2D eigenvalue weighted by molar-refractivity contribution is 0.316. The van der Waals surface area contributed by atoms with E-state index < -0.39 is 0 Å². The van der Waals surface area contributed by atoms with Crippen molar-refractivity contribution in [2.45, 2.75) is 77.6 Å². The maximum atomic E-state index is 8.37. The van der Waals surface area contributed by atoms with Crippen LogP contribution in [0.5, 0.6) is 0 Å². The van der Waals surface area contributed by atoms with Gasteiger partial charge in [-0.1, -0.05) is 57.0 Å².